The normalized spacial score (nSPS) is 15.6. The molecule has 168 valence electrons. The van der Waals surface area contributed by atoms with E-state index >= 15 is 0 Å². The van der Waals surface area contributed by atoms with Crippen LogP contribution in [-0.4, -0.2) is 53.8 Å². The number of hydrogen-bond donors (Lipinski definition) is 1. The number of aromatic amines is 1. The van der Waals surface area contributed by atoms with Crippen molar-refractivity contribution >= 4 is 31.6 Å². The molecule has 4 aromatic rings. The number of thiophene rings is 1. The fraction of sp³-hybridized carbons (Fsp3) is 0.227. The Morgan fingerprint density at radius 2 is 1.91 bits per heavy atom. The maximum Gasteiger partial charge on any atom is 0.260 e. The Hall–Kier alpha value is -3.30. The van der Waals surface area contributed by atoms with Crippen LogP contribution in [-0.2, 0) is 16.6 Å². The van der Waals surface area contributed by atoms with E-state index in [1.807, 2.05) is 11.4 Å². The number of furan rings is 1. The van der Waals surface area contributed by atoms with Crippen molar-refractivity contribution in [1.82, 2.24) is 19.2 Å². The Kier molecular flexibility index (Phi) is 5.59. The number of hydrogen-bond acceptors (Lipinski definition) is 8. The van der Waals surface area contributed by atoms with Gasteiger partial charge in [0.1, 0.15) is 16.4 Å². The number of nitrogens with zero attached hydrogens (tertiary/aromatic N) is 4. The van der Waals surface area contributed by atoms with E-state index in [1.54, 1.807) is 18.4 Å². The van der Waals surface area contributed by atoms with Gasteiger partial charge < -0.3 is 9.40 Å². The molecule has 5 rings (SSSR count). The van der Waals surface area contributed by atoms with Crippen LogP contribution in [0.5, 0.6) is 0 Å². The Labute approximate surface area is 193 Å². The number of benzene rings is 1. The molecular formula is C22H19N5O4S2. The summed E-state index contributed by atoms with van der Waals surface area (Å²) in [5.41, 5.74) is 0.922. The molecule has 4 heterocycles. The summed E-state index contributed by atoms with van der Waals surface area (Å²) in [7, 11) is -3.62. The molecule has 1 aliphatic rings. The first-order chi connectivity index (χ1) is 16.0. The lowest BCUT2D eigenvalue weighted by Gasteiger charge is -2.33. The average molecular weight is 482 g/mol. The van der Waals surface area contributed by atoms with Crippen molar-refractivity contribution in [3.05, 3.63) is 69.8 Å². The van der Waals surface area contributed by atoms with Crippen LogP contribution in [0.3, 0.4) is 0 Å². The highest BCUT2D eigenvalue weighted by atomic mass is 32.2. The Morgan fingerprint density at radius 1 is 1.15 bits per heavy atom. The van der Waals surface area contributed by atoms with Crippen LogP contribution in [0.4, 0.5) is 0 Å². The Bertz CT molecular complexity index is 1490. The minimum Gasteiger partial charge on any atom is -0.464 e. The van der Waals surface area contributed by atoms with Gasteiger partial charge in [0.25, 0.3) is 5.56 Å². The van der Waals surface area contributed by atoms with Crippen LogP contribution in [0.15, 0.2) is 62.1 Å². The van der Waals surface area contributed by atoms with Gasteiger partial charge in [0.15, 0.2) is 0 Å². The lowest BCUT2D eigenvalue weighted by atomic mass is 10.2. The topological polar surface area (TPSA) is 123 Å². The standard InChI is InChI=1S/C22H19N5O4S2/c23-12-15-3-5-16(6-4-15)33(29,30)27-9-7-26(8-10-27)13-19-24-21(28)20-17(14-32-22(20)25-19)18-2-1-11-31-18/h1-6,11,14H,7-10,13H2,(H,24,25,28). The van der Waals surface area contributed by atoms with Crippen molar-refractivity contribution in [3.63, 3.8) is 0 Å². The predicted octanol–water partition coefficient (Wildman–Crippen LogP) is 2.62. The fourth-order valence-corrected chi connectivity index (χ4v) is 6.24. The Morgan fingerprint density at radius 3 is 2.58 bits per heavy atom. The molecule has 0 unspecified atom stereocenters. The van der Waals surface area contributed by atoms with E-state index in [2.05, 4.69) is 14.9 Å². The van der Waals surface area contributed by atoms with Crippen molar-refractivity contribution in [2.75, 3.05) is 26.2 Å². The zero-order valence-corrected chi connectivity index (χ0v) is 19.0. The van der Waals surface area contributed by atoms with E-state index in [-0.39, 0.29) is 10.5 Å². The van der Waals surface area contributed by atoms with Gasteiger partial charge in [-0.25, -0.2) is 13.4 Å². The third-order valence-electron chi connectivity index (χ3n) is 5.61. The molecule has 0 radical (unpaired) electrons. The van der Waals surface area contributed by atoms with Crippen molar-refractivity contribution < 1.29 is 12.8 Å². The smallest absolute Gasteiger partial charge is 0.260 e. The number of nitrogens with one attached hydrogen (secondary N) is 1. The summed E-state index contributed by atoms with van der Waals surface area (Å²) in [6.07, 6.45) is 1.57. The van der Waals surface area contributed by atoms with Gasteiger partial charge in [0.2, 0.25) is 10.0 Å². The van der Waals surface area contributed by atoms with E-state index in [0.29, 0.717) is 60.1 Å². The first-order valence-electron chi connectivity index (χ1n) is 10.2. The number of rotatable bonds is 5. The monoisotopic (exact) mass is 481 g/mol. The summed E-state index contributed by atoms with van der Waals surface area (Å²) in [4.78, 5) is 23.1. The quantitative estimate of drug-likeness (QED) is 0.465. The maximum absolute atomic E-state index is 12.9. The first-order valence-corrected chi connectivity index (χ1v) is 12.5. The summed E-state index contributed by atoms with van der Waals surface area (Å²) in [6, 6.07) is 11.5. The second kappa shape index (κ2) is 8.57. The third kappa shape index (κ3) is 4.09. The molecule has 0 bridgehead atoms. The van der Waals surface area contributed by atoms with E-state index in [0.717, 1.165) is 5.56 Å². The van der Waals surface area contributed by atoms with Crippen molar-refractivity contribution in [1.29, 1.82) is 5.26 Å². The van der Waals surface area contributed by atoms with Gasteiger partial charge in [-0.2, -0.15) is 9.57 Å². The molecule has 0 amide bonds. The van der Waals surface area contributed by atoms with Crippen LogP contribution in [0, 0.1) is 11.3 Å². The van der Waals surface area contributed by atoms with E-state index < -0.39 is 10.0 Å². The van der Waals surface area contributed by atoms with Crippen LogP contribution < -0.4 is 5.56 Å². The Balaban J connectivity index is 1.28. The molecular weight excluding hydrogens is 462 g/mol. The van der Waals surface area contributed by atoms with Gasteiger partial charge >= 0.3 is 0 Å². The van der Waals surface area contributed by atoms with Crippen LogP contribution in [0.1, 0.15) is 11.4 Å². The van der Waals surface area contributed by atoms with Crippen LogP contribution >= 0.6 is 11.3 Å². The lowest BCUT2D eigenvalue weighted by Crippen LogP contribution is -2.48. The SMILES string of the molecule is N#Cc1ccc(S(=O)(=O)N2CCN(Cc3nc4scc(-c5ccco5)c4c(=O)[nH]3)CC2)cc1. The largest absolute Gasteiger partial charge is 0.464 e. The summed E-state index contributed by atoms with van der Waals surface area (Å²) in [5, 5.41) is 11.3. The summed E-state index contributed by atoms with van der Waals surface area (Å²) in [6.45, 7) is 2.11. The van der Waals surface area contributed by atoms with Crippen molar-refractivity contribution in [3.8, 4) is 17.4 Å². The molecule has 1 saturated heterocycles. The molecule has 11 heteroatoms. The second-order valence-corrected chi connectivity index (χ2v) is 10.4. The molecule has 1 fully saturated rings. The van der Waals surface area contributed by atoms with Gasteiger partial charge in [-0.15, -0.1) is 11.3 Å². The van der Waals surface area contributed by atoms with E-state index in [1.165, 1.54) is 39.9 Å². The molecule has 1 aliphatic heterocycles. The van der Waals surface area contributed by atoms with Crippen LogP contribution in [0.2, 0.25) is 0 Å². The third-order valence-corrected chi connectivity index (χ3v) is 8.39. The van der Waals surface area contributed by atoms with Crippen LogP contribution in [0.25, 0.3) is 21.5 Å². The molecule has 0 saturated carbocycles. The van der Waals surface area contributed by atoms with Crippen molar-refractivity contribution in [2.45, 2.75) is 11.4 Å². The molecule has 0 atom stereocenters. The van der Waals surface area contributed by atoms with Gasteiger partial charge in [0, 0.05) is 37.1 Å². The molecule has 1 aromatic carbocycles. The molecule has 3 aromatic heterocycles. The number of H-pyrrole nitrogens is 1. The molecule has 1 N–H and O–H groups in total. The first kappa shape index (κ1) is 21.5. The maximum atomic E-state index is 12.9. The van der Waals surface area contributed by atoms with Gasteiger partial charge in [-0.3, -0.25) is 9.69 Å². The van der Waals surface area contributed by atoms with E-state index in [9.17, 15) is 13.2 Å². The predicted molar refractivity (Wildman–Crippen MR) is 123 cm³/mol. The van der Waals surface area contributed by atoms with Gasteiger partial charge in [-0.1, -0.05) is 0 Å². The fourth-order valence-electron chi connectivity index (χ4n) is 3.87. The lowest BCUT2D eigenvalue weighted by molar-refractivity contribution is 0.178. The number of piperazine rings is 1. The highest BCUT2D eigenvalue weighted by Gasteiger charge is 2.29. The number of fused-ring (bicyclic) bond motifs is 1. The summed E-state index contributed by atoms with van der Waals surface area (Å²) < 4.78 is 32.7. The number of aromatic nitrogens is 2. The minimum absolute atomic E-state index is 0.177. The average Bonchev–Trinajstić information content (AvgIpc) is 3.49. The minimum atomic E-state index is -3.62. The highest BCUT2D eigenvalue weighted by molar-refractivity contribution is 7.89. The number of sulfonamides is 1. The molecule has 0 aliphatic carbocycles. The summed E-state index contributed by atoms with van der Waals surface area (Å²) in [5.74, 6) is 1.17. The highest BCUT2D eigenvalue weighted by Crippen LogP contribution is 2.31. The number of nitriles is 1. The molecule has 9 nitrogen and oxygen atoms in total. The zero-order chi connectivity index (χ0) is 23.0. The van der Waals surface area contributed by atoms with Gasteiger partial charge in [-0.05, 0) is 36.4 Å². The zero-order valence-electron chi connectivity index (χ0n) is 17.4. The van der Waals surface area contributed by atoms with Gasteiger partial charge in [0.05, 0.1) is 34.7 Å². The molecule has 33 heavy (non-hydrogen) atoms. The summed E-state index contributed by atoms with van der Waals surface area (Å²) >= 11 is 1.39. The second-order valence-electron chi connectivity index (χ2n) is 7.64. The molecule has 0 spiro atoms. The van der Waals surface area contributed by atoms with E-state index in [4.69, 9.17) is 9.68 Å². The van der Waals surface area contributed by atoms with Crippen molar-refractivity contribution in [2.24, 2.45) is 0 Å².